The van der Waals surface area contributed by atoms with Gasteiger partial charge in [-0.05, 0) is 39.3 Å². The van der Waals surface area contributed by atoms with Crippen LogP contribution in [0.4, 0.5) is 0 Å². The number of rotatable bonds is 3. The van der Waals surface area contributed by atoms with Crippen LogP contribution in [0, 0.1) is 6.92 Å². The SMILES string of the molecule is CCn1nc(C)cc1C(=O)N1C(C)COC(c2ccccc2)C1C. The van der Waals surface area contributed by atoms with Crippen LogP contribution in [0.3, 0.4) is 0 Å². The molecule has 3 atom stereocenters. The molecule has 1 saturated heterocycles. The summed E-state index contributed by atoms with van der Waals surface area (Å²) in [5, 5.41) is 4.41. The zero-order valence-electron chi connectivity index (χ0n) is 14.8. The molecule has 1 aliphatic rings. The Balaban J connectivity index is 1.91. The Morgan fingerprint density at radius 2 is 2.00 bits per heavy atom. The van der Waals surface area contributed by atoms with Gasteiger partial charge >= 0.3 is 0 Å². The lowest BCUT2D eigenvalue weighted by Crippen LogP contribution is -2.54. The van der Waals surface area contributed by atoms with E-state index in [-0.39, 0.29) is 24.1 Å². The number of ether oxygens (including phenoxy) is 1. The molecule has 3 rings (SSSR count). The molecule has 0 spiro atoms. The first-order valence-corrected chi connectivity index (χ1v) is 8.56. The Kier molecular flexibility index (Phi) is 4.71. The number of morpholine rings is 1. The summed E-state index contributed by atoms with van der Waals surface area (Å²) < 4.78 is 7.83. The Morgan fingerprint density at radius 1 is 1.29 bits per heavy atom. The van der Waals surface area contributed by atoms with Crippen molar-refractivity contribution in [2.45, 2.75) is 52.4 Å². The van der Waals surface area contributed by atoms with Crippen molar-refractivity contribution in [1.29, 1.82) is 0 Å². The fourth-order valence-corrected chi connectivity index (χ4v) is 3.50. The summed E-state index contributed by atoms with van der Waals surface area (Å²) in [6.07, 6.45) is -0.106. The lowest BCUT2D eigenvalue weighted by Gasteiger charge is -2.43. The van der Waals surface area contributed by atoms with Crippen molar-refractivity contribution >= 4 is 5.91 Å². The van der Waals surface area contributed by atoms with E-state index < -0.39 is 0 Å². The van der Waals surface area contributed by atoms with E-state index in [9.17, 15) is 4.79 Å². The van der Waals surface area contributed by atoms with Gasteiger partial charge in [-0.15, -0.1) is 0 Å². The van der Waals surface area contributed by atoms with Gasteiger partial charge in [0.2, 0.25) is 0 Å². The highest BCUT2D eigenvalue weighted by atomic mass is 16.5. The number of carbonyl (C=O) groups is 1. The minimum Gasteiger partial charge on any atom is -0.369 e. The molecular weight excluding hydrogens is 302 g/mol. The van der Waals surface area contributed by atoms with Gasteiger partial charge in [0.05, 0.1) is 24.4 Å². The molecule has 1 fully saturated rings. The van der Waals surface area contributed by atoms with Crippen LogP contribution < -0.4 is 0 Å². The van der Waals surface area contributed by atoms with Crippen molar-refractivity contribution in [3.8, 4) is 0 Å². The number of aryl methyl sites for hydroxylation is 2. The third-order valence-electron chi connectivity index (χ3n) is 4.65. The summed E-state index contributed by atoms with van der Waals surface area (Å²) in [5.74, 6) is 0.0293. The first-order chi connectivity index (χ1) is 11.5. The van der Waals surface area contributed by atoms with Crippen molar-refractivity contribution in [2.75, 3.05) is 6.61 Å². The number of hydrogen-bond donors (Lipinski definition) is 0. The van der Waals surface area contributed by atoms with Gasteiger partial charge in [-0.1, -0.05) is 30.3 Å². The van der Waals surface area contributed by atoms with E-state index in [0.717, 1.165) is 11.3 Å². The van der Waals surface area contributed by atoms with Crippen molar-refractivity contribution in [2.24, 2.45) is 0 Å². The summed E-state index contributed by atoms with van der Waals surface area (Å²) >= 11 is 0. The summed E-state index contributed by atoms with van der Waals surface area (Å²) in [6.45, 7) is 9.24. The molecule has 0 bridgehead atoms. The van der Waals surface area contributed by atoms with Gasteiger partial charge in [0.15, 0.2) is 0 Å². The Labute approximate surface area is 143 Å². The molecular formula is C19H25N3O2. The molecule has 0 radical (unpaired) electrons. The summed E-state index contributed by atoms with van der Waals surface area (Å²) in [7, 11) is 0. The number of carbonyl (C=O) groups excluding carboxylic acids is 1. The van der Waals surface area contributed by atoms with E-state index in [2.05, 4.69) is 24.2 Å². The monoisotopic (exact) mass is 327 g/mol. The van der Waals surface area contributed by atoms with Crippen LogP contribution in [-0.2, 0) is 11.3 Å². The van der Waals surface area contributed by atoms with Crippen LogP contribution in [-0.4, -0.2) is 39.3 Å². The lowest BCUT2D eigenvalue weighted by atomic mass is 9.98. The van der Waals surface area contributed by atoms with Gasteiger partial charge in [-0.25, -0.2) is 0 Å². The average molecular weight is 327 g/mol. The minimum atomic E-state index is -0.106. The second-order valence-corrected chi connectivity index (χ2v) is 6.45. The molecule has 1 aromatic carbocycles. The second kappa shape index (κ2) is 6.77. The van der Waals surface area contributed by atoms with Crippen LogP contribution in [0.2, 0.25) is 0 Å². The molecule has 1 aromatic heterocycles. The van der Waals surface area contributed by atoms with E-state index in [0.29, 0.717) is 18.8 Å². The first-order valence-electron chi connectivity index (χ1n) is 8.56. The standard InChI is InChI=1S/C19H25N3O2/c1-5-21-17(11-13(2)20-21)19(23)22-14(3)12-24-18(15(22)4)16-9-7-6-8-10-16/h6-11,14-15,18H,5,12H2,1-4H3. The van der Waals surface area contributed by atoms with E-state index >= 15 is 0 Å². The van der Waals surface area contributed by atoms with E-state index in [1.807, 2.05) is 49.9 Å². The number of benzene rings is 1. The van der Waals surface area contributed by atoms with Gasteiger partial charge < -0.3 is 9.64 Å². The van der Waals surface area contributed by atoms with Crippen molar-refractivity contribution in [3.63, 3.8) is 0 Å². The first kappa shape index (κ1) is 16.7. The Morgan fingerprint density at radius 3 is 2.67 bits per heavy atom. The quantitative estimate of drug-likeness (QED) is 0.870. The van der Waals surface area contributed by atoms with E-state index in [1.54, 1.807) is 4.68 Å². The molecule has 128 valence electrons. The second-order valence-electron chi connectivity index (χ2n) is 6.45. The number of amides is 1. The average Bonchev–Trinajstić information content (AvgIpc) is 2.96. The van der Waals surface area contributed by atoms with Crippen LogP contribution in [0.1, 0.15) is 48.6 Å². The topological polar surface area (TPSA) is 47.4 Å². The van der Waals surface area contributed by atoms with Gasteiger partial charge in [0, 0.05) is 6.54 Å². The third-order valence-corrected chi connectivity index (χ3v) is 4.65. The lowest BCUT2D eigenvalue weighted by molar-refractivity contribution is -0.0809. The molecule has 0 aliphatic carbocycles. The number of hydrogen-bond acceptors (Lipinski definition) is 3. The summed E-state index contributed by atoms with van der Waals surface area (Å²) in [4.78, 5) is 15.1. The Bertz CT molecular complexity index is 711. The van der Waals surface area contributed by atoms with Gasteiger partial charge in [-0.2, -0.15) is 5.10 Å². The summed E-state index contributed by atoms with van der Waals surface area (Å²) in [6, 6.07) is 12.0. The van der Waals surface area contributed by atoms with Gasteiger partial charge in [0.1, 0.15) is 11.8 Å². The molecule has 1 aliphatic heterocycles. The van der Waals surface area contributed by atoms with Gasteiger partial charge in [-0.3, -0.25) is 9.48 Å². The smallest absolute Gasteiger partial charge is 0.272 e. The molecule has 3 unspecified atom stereocenters. The molecule has 0 saturated carbocycles. The molecule has 2 heterocycles. The third kappa shape index (κ3) is 2.96. The fourth-order valence-electron chi connectivity index (χ4n) is 3.50. The predicted molar refractivity (Wildman–Crippen MR) is 92.9 cm³/mol. The van der Waals surface area contributed by atoms with Crippen molar-refractivity contribution in [3.05, 3.63) is 53.3 Å². The number of aromatic nitrogens is 2. The van der Waals surface area contributed by atoms with Crippen LogP contribution in [0.25, 0.3) is 0 Å². The normalized spacial score (nSPS) is 24.2. The van der Waals surface area contributed by atoms with Crippen LogP contribution >= 0.6 is 0 Å². The fraction of sp³-hybridized carbons (Fsp3) is 0.474. The molecule has 2 aromatic rings. The molecule has 1 amide bonds. The maximum absolute atomic E-state index is 13.2. The molecule has 5 heteroatoms. The zero-order chi connectivity index (χ0) is 17.3. The highest BCUT2D eigenvalue weighted by Gasteiger charge is 2.38. The summed E-state index contributed by atoms with van der Waals surface area (Å²) in [5.41, 5.74) is 2.63. The highest BCUT2D eigenvalue weighted by molar-refractivity contribution is 5.93. The van der Waals surface area contributed by atoms with E-state index in [4.69, 9.17) is 4.74 Å². The van der Waals surface area contributed by atoms with Crippen molar-refractivity contribution < 1.29 is 9.53 Å². The van der Waals surface area contributed by atoms with E-state index in [1.165, 1.54) is 0 Å². The van der Waals surface area contributed by atoms with Crippen LogP contribution in [0.15, 0.2) is 36.4 Å². The zero-order valence-corrected chi connectivity index (χ0v) is 14.8. The van der Waals surface area contributed by atoms with Crippen molar-refractivity contribution in [1.82, 2.24) is 14.7 Å². The minimum absolute atomic E-state index is 0.0293. The Hall–Kier alpha value is -2.14. The highest BCUT2D eigenvalue weighted by Crippen LogP contribution is 2.32. The molecule has 5 nitrogen and oxygen atoms in total. The maximum Gasteiger partial charge on any atom is 0.272 e. The number of nitrogens with zero attached hydrogens (tertiary/aromatic N) is 3. The predicted octanol–water partition coefficient (Wildman–Crippen LogP) is 3.20. The molecule has 0 N–H and O–H groups in total. The maximum atomic E-state index is 13.2. The largest absolute Gasteiger partial charge is 0.369 e. The van der Waals surface area contributed by atoms with Gasteiger partial charge in [0.25, 0.3) is 5.91 Å². The van der Waals surface area contributed by atoms with Crippen LogP contribution in [0.5, 0.6) is 0 Å². The molecule has 24 heavy (non-hydrogen) atoms.